The molecule has 2 N–H and O–H groups in total. The van der Waals surface area contributed by atoms with E-state index < -0.39 is 11.7 Å². The number of nitrogens with one attached hydrogen (secondary N) is 2. The first-order chi connectivity index (χ1) is 9.81. The molecule has 0 aliphatic carbocycles. The highest BCUT2D eigenvalue weighted by Crippen LogP contribution is 2.06. The van der Waals surface area contributed by atoms with Gasteiger partial charge in [-0.15, -0.1) is 0 Å². The van der Waals surface area contributed by atoms with Crippen molar-refractivity contribution in [3.8, 4) is 0 Å². The number of likely N-dealkylation sites (N-methyl/N-ethyl adjacent to an activating group) is 1. The van der Waals surface area contributed by atoms with Crippen LogP contribution in [0.25, 0.3) is 0 Å². The van der Waals surface area contributed by atoms with E-state index >= 15 is 0 Å². The molecule has 1 aliphatic rings. The number of nitrogens with zero attached hydrogens (tertiary/aromatic N) is 2. The third-order valence-corrected chi connectivity index (χ3v) is 3.18. The first-order valence-electron chi connectivity index (χ1n) is 7.54. The third-order valence-electron chi connectivity index (χ3n) is 3.18. The number of rotatable bonds is 4. The number of alkyl carbamates (subject to hydrolysis) is 1. The van der Waals surface area contributed by atoms with Crippen LogP contribution in [0.4, 0.5) is 9.59 Å². The van der Waals surface area contributed by atoms with Gasteiger partial charge in [0.05, 0.1) is 0 Å². The molecule has 122 valence electrons. The van der Waals surface area contributed by atoms with Crippen LogP contribution < -0.4 is 10.6 Å². The molecule has 1 saturated heterocycles. The van der Waals surface area contributed by atoms with E-state index in [1.54, 1.807) is 4.90 Å². The minimum atomic E-state index is -0.508. The summed E-state index contributed by atoms with van der Waals surface area (Å²) in [5.41, 5.74) is -0.508. The quantitative estimate of drug-likeness (QED) is 0.755. The Morgan fingerprint density at radius 3 is 2.14 bits per heavy atom. The van der Waals surface area contributed by atoms with Crippen LogP contribution in [0.1, 0.15) is 27.7 Å². The highest BCUT2D eigenvalue weighted by atomic mass is 16.6. The van der Waals surface area contributed by atoms with Gasteiger partial charge in [0.15, 0.2) is 0 Å². The molecule has 0 bridgehead atoms. The van der Waals surface area contributed by atoms with Gasteiger partial charge in [0, 0.05) is 39.3 Å². The predicted octanol–water partition coefficient (Wildman–Crippen LogP) is 0.858. The summed E-state index contributed by atoms with van der Waals surface area (Å²) in [4.78, 5) is 27.4. The summed E-state index contributed by atoms with van der Waals surface area (Å²) in [7, 11) is 0. The fourth-order valence-corrected chi connectivity index (χ4v) is 2.03. The molecule has 0 aromatic carbocycles. The summed E-state index contributed by atoms with van der Waals surface area (Å²) < 4.78 is 5.11. The predicted molar refractivity (Wildman–Crippen MR) is 81.3 cm³/mol. The molecular formula is C14H28N4O3. The Labute approximate surface area is 127 Å². The summed E-state index contributed by atoms with van der Waals surface area (Å²) in [6.45, 7) is 12.7. The summed E-state index contributed by atoms with van der Waals surface area (Å²) in [6, 6.07) is -0.0725. The summed E-state index contributed by atoms with van der Waals surface area (Å²) >= 11 is 0. The Kier molecular flexibility index (Phi) is 6.74. The molecule has 0 spiro atoms. The lowest BCUT2D eigenvalue weighted by atomic mass is 10.2. The van der Waals surface area contributed by atoms with Crippen LogP contribution in [0, 0.1) is 0 Å². The summed E-state index contributed by atoms with van der Waals surface area (Å²) in [6.07, 6.45) is -0.465. The minimum absolute atomic E-state index is 0.0725. The van der Waals surface area contributed by atoms with Crippen LogP contribution in [0.5, 0.6) is 0 Å². The maximum absolute atomic E-state index is 11.9. The number of carbonyl (C=O) groups is 2. The van der Waals surface area contributed by atoms with Gasteiger partial charge in [-0.2, -0.15) is 0 Å². The zero-order valence-electron chi connectivity index (χ0n) is 13.6. The van der Waals surface area contributed by atoms with Gasteiger partial charge >= 0.3 is 12.1 Å². The van der Waals surface area contributed by atoms with E-state index in [1.807, 2.05) is 20.8 Å². The van der Waals surface area contributed by atoms with Crippen LogP contribution in [0.3, 0.4) is 0 Å². The SMILES string of the molecule is CCN1CCN(C(=O)NCCNC(=O)OC(C)(C)C)CC1. The Bertz CT molecular complexity index is 347. The average molecular weight is 300 g/mol. The van der Waals surface area contributed by atoms with Gasteiger partial charge in [-0.05, 0) is 27.3 Å². The minimum Gasteiger partial charge on any atom is -0.444 e. The zero-order valence-corrected chi connectivity index (χ0v) is 13.6. The number of hydrogen-bond donors (Lipinski definition) is 2. The number of ether oxygens (including phenoxy) is 1. The van der Waals surface area contributed by atoms with Gasteiger partial charge in [0.25, 0.3) is 0 Å². The number of hydrogen-bond acceptors (Lipinski definition) is 4. The lowest BCUT2D eigenvalue weighted by Crippen LogP contribution is -2.52. The van der Waals surface area contributed by atoms with Gasteiger partial charge in [-0.25, -0.2) is 9.59 Å². The Hall–Kier alpha value is -1.50. The van der Waals surface area contributed by atoms with Crippen molar-refractivity contribution in [3.05, 3.63) is 0 Å². The van der Waals surface area contributed by atoms with Crippen LogP contribution in [0.15, 0.2) is 0 Å². The van der Waals surface area contributed by atoms with E-state index in [2.05, 4.69) is 22.5 Å². The molecule has 1 fully saturated rings. The molecule has 0 aromatic rings. The second kappa shape index (κ2) is 8.07. The smallest absolute Gasteiger partial charge is 0.407 e. The van der Waals surface area contributed by atoms with Crippen molar-refractivity contribution in [2.24, 2.45) is 0 Å². The molecule has 0 radical (unpaired) electrons. The van der Waals surface area contributed by atoms with Crippen molar-refractivity contribution in [2.75, 3.05) is 45.8 Å². The zero-order chi connectivity index (χ0) is 15.9. The van der Waals surface area contributed by atoms with E-state index in [4.69, 9.17) is 4.74 Å². The van der Waals surface area contributed by atoms with E-state index in [0.717, 1.165) is 32.7 Å². The van der Waals surface area contributed by atoms with Gasteiger partial charge in [0.1, 0.15) is 5.60 Å². The standard InChI is InChI=1S/C14H28N4O3/c1-5-17-8-10-18(11-9-17)12(19)15-6-7-16-13(20)21-14(2,3)4/h5-11H2,1-4H3,(H,15,19)(H,16,20). The van der Waals surface area contributed by atoms with Gasteiger partial charge in [0.2, 0.25) is 0 Å². The largest absolute Gasteiger partial charge is 0.444 e. The van der Waals surface area contributed by atoms with E-state index in [9.17, 15) is 9.59 Å². The molecule has 0 aromatic heterocycles. The molecule has 1 rings (SSSR count). The van der Waals surface area contributed by atoms with E-state index in [0.29, 0.717) is 13.1 Å². The van der Waals surface area contributed by atoms with Crippen molar-refractivity contribution >= 4 is 12.1 Å². The topological polar surface area (TPSA) is 73.9 Å². The van der Waals surface area contributed by atoms with E-state index in [-0.39, 0.29) is 6.03 Å². The van der Waals surface area contributed by atoms with Crippen molar-refractivity contribution in [2.45, 2.75) is 33.3 Å². The molecule has 7 nitrogen and oxygen atoms in total. The van der Waals surface area contributed by atoms with E-state index in [1.165, 1.54) is 0 Å². The lowest BCUT2D eigenvalue weighted by Gasteiger charge is -2.34. The van der Waals surface area contributed by atoms with Crippen molar-refractivity contribution in [3.63, 3.8) is 0 Å². The highest BCUT2D eigenvalue weighted by molar-refractivity contribution is 5.74. The van der Waals surface area contributed by atoms with Crippen molar-refractivity contribution < 1.29 is 14.3 Å². The molecule has 0 unspecified atom stereocenters. The third kappa shape index (κ3) is 7.17. The maximum atomic E-state index is 11.9. The fraction of sp³-hybridized carbons (Fsp3) is 0.857. The molecule has 1 heterocycles. The average Bonchev–Trinajstić information content (AvgIpc) is 2.41. The molecule has 7 heteroatoms. The molecular weight excluding hydrogens is 272 g/mol. The molecule has 0 saturated carbocycles. The van der Waals surface area contributed by atoms with Crippen molar-refractivity contribution in [1.82, 2.24) is 20.4 Å². The van der Waals surface area contributed by atoms with Crippen LogP contribution in [0.2, 0.25) is 0 Å². The second-order valence-electron chi connectivity index (χ2n) is 6.08. The number of carbonyl (C=O) groups excluding carboxylic acids is 2. The van der Waals surface area contributed by atoms with Crippen LogP contribution in [-0.2, 0) is 4.74 Å². The first kappa shape index (κ1) is 17.6. The van der Waals surface area contributed by atoms with Gasteiger partial charge < -0.3 is 25.2 Å². The lowest BCUT2D eigenvalue weighted by molar-refractivity contribution is 0.0528. The van der Waals surface area contributed by atoms with Gasteiger partial charge in [-0.1, -0.05) is 6.92 Å². The van der Waals surface area contributed by atoms with Crippen LogP contribution in [-0.4, -0.2) is 73.3 Å². The Morgan fingerprint density at radius 1 is 1.05 bits per heavy atom. The van der Waals surface area contributed by atoms with Gasteiger partial charge in [-0.3, -0.25) is 0 Å². The number of amides is 3. The fourth-order valence-electron chi connectivity index (χ4n) is 2.03. The Morgan fingerprint density at radius 2 is 1.62 bits per heavy atom. The highest BCUT2D eigenvalue weighted by Gasteiger charge is 2.20. The van der Waals surface area contributed by atoms with Crippen molar-refractivity contribution in [1.29, 1.82) is 0 Å². The maximum Gasteiger partial charge on any atom is 0.407 e. The number of piperazine rings is 1. The summed E-state index contributed by atoms with van der Waals surface area (Å²) in [5.74, 6) is 0. The molecule has 1 aliphatic heterocycles. The van der Waals surface area contributed by atoms with Crippen LogP contribution >= 0.6 is 0 Å². The first-order valence-corrected chi connectivity index (χ1v) is 7.54. The molecule has 3 amide bonds. The number of urea groups is 1. The molecule has 21 heavy (non-hydrogen) atoms. The molecule has 0 atom stereocenters. The summed E-state index contributed by atoms with van der Waals surface area (Å²) in [5, 5.41) is 5.41. The normalized spacial score (nSPS) is 16.5. The Balaban J connectivity index is 2.13. The second-order valence-corrected chi connectivity index (χ2v) is 6.08. The monoisotopic (exact) mass is 300 g/mol.